The van der Waals surface area contributed by atoms with Gasteiger partial charge in [0.15, 0.2) is 0 Å². The van der Waals surface area contributed by atoms with Crippen molar-refractivity contribution >= 4 is 35.2 Å². The highest BCUT2D eigenvalue weighted by Gasteiger charge is 2.70. The number of rotatable bonds is 13. The third-order valence-corrected chi connectivity index (χ3v) is 11.2. The van der Waals surface area contributed by atoms with Gasteiger partial charge in [0.05, 0.1) is 17.8 Å². The molecule has 1 unspecified atom stereocenters. The van der Waals surface area contributed by atoms with E-state index < -0.39 is 47.2 Å². The molecule has 1 aliphatic heterocycles. The smallest absolute Gasteiger partial charge is 0.315 e. The molecule has 256 valence electrons. The van der Waals surface area contributed by atoms with E-state index in [0.29, 0.717) is 13.0 Å². The zero-order valence-corrected chi connectivity index (χ0v) is 28.4. The number of ketones is 1. The number of nitrogens with one attached hydrogen (secondary N) is 3. The lowest BCUT2D eigenvalue weighted by Gasteiger charge is -2.38. The van der Waals surface area contributed by atoms with E-state index in [1.807, 2.05) is 20.8 Å². The fourth-order valence-corrected chi connectivity index (χ4v) is 8.06. The fraction of sp³-hybridized carbons (Fsp3) is 0.824. The standard InChI is InChI=1S/C34H54N6O6/c1-33(2,3)28(38-32(45)37-24(19-10-8-7-9-11-19)25(39-46-6)20-14-15-20)31(44)40-17-21-23(34(21,4)5)26(40)30(43)36-22(16-18-12-13-18)27(41)29(35)42/h18-24,26,28H,7-17H2,1-6H3,(H2,35,42)(H,36,43)(H2,37,38,45)/t21-,22?,23-,24-,26-,28+/m0/s1. The van der Waals surface area contributed by atoms with Crippen molar-refractivity contribution < 1.29 is 28.8 Å². The summed E-state index contributed by atoms with van der Waals surface area (Å²) in [7, 11) is 1.53. The summed E-state index contributed by atoms with van der Waals surface area (Å²) in [5.74, 6) is -1.88. The normalized spacial score (nSPS) is 27.9. The Balaban J connectivity index is 1.34. The summed E-state index contributed by atoms with van der Waals surface area (Å²) < 4.78 is 0. The van der Waals surface area contributed by atoms with Crippen LogP contribution in [-0.2, 0) is 24.0 Å². The molecule has 4 aliphatic carbocycles. The Labute approximate surface area is 272 Å². The Hall–Kier alpha value is -3.18. The van der Waals surface area contributed by atoms with Crippen LogP contribution in [0.2, 0.25) is 0 Å². The molecule has 1 saturated heterocycles. The molecule has 5 N–H and O–H groups in total. The quantitative estimate of drug-likeness (QED) is 0.137. The molecule has 12 heteroatoms. The predicted octanol–water partition coefficient (Wildman–Crippen LogP) is 2.88. The number of Topliss-reactive ketones (excluding diaryl/α,β-unsaturated/α-hetero) is 1. The van der Waals surface area contributed by atoms with Gasteiger partial charge < -0.3 is 31.4 Å². The Morgan fingerprint density at radius 2 is 1.61 bits per heavy atom. The molecular weight excluding hydrogens is 588 g/mol. The Morgan fingerprint density at radius 1 is 0.957 bits per heavy atom. The van der Waals surface area contributed by atoms with Crippen molar-refractivity contribution in [2.75, 3.05) is 13.7 Å². The first kappa shape index (κ1) is 34.2. The number of primary amides is 1. The van der Waals surface area contributed by atoms with Crippen LogP contribution in [0.5, 0.6) is 0 Å². The number of fused-ring (bicyclic) bond motifs is 1. The number of urea groups is 1. The number of nitrogens with two attached hydrogens (primary N) is 1. The second-order valence-corrected chi connectivity index (χ2v) is 16.1. The molecule has 46 heavy (non-hydrogen) atoms. The third kappa shape index (κ3) is 7.35. The van der Waals surface area contributed by atoms with E-state index in [2.05, 4.69) is 35.0 Å². The number of amides is 5. The SMILES string of the molecule is CON=C(C1CC1)[C@@H](NC(=O)N[C@H](C(=O)N1C[C@H]2[C@@H]([C@H]1C(=O)NC(CC1CC1)C(=O)C(N)=O)C2(C)C)C(C)(C)C)C1CCCCC1. The average molecular weight is 643 g/mol. The maximum absolute atomic E-state index is 14.4. The van der Waals surface area contributed by atoms with Crippen molar-refractivity contribution in [3.63, 3.8) is 0 Å². The van der Waals surface area contributed by atoms with Gasteiger partial charge in [0.1, 0.15) is 19.2 Å². The molecule has 5 fully saturated rings. The van der Waals surface area contributed by atoms with Crippen molar-refractivity contribution in [3.8, 4) is 0 Å². The second-order valence-electron chi connectivity index (χ2n) is 16.1. The van der Waals surface area contributed by atoms with Gasteiger partial charge >= 0.3 is 6.03 Å². The number of likely N-dealkylation sites (tertiary alicyclic amines) is 1. The van der Waals surface area contributed by atoms with Gasteiger partial charge in [-0.05, 0) is 66.6 Å². The topological polar surface area (TPSA) is 172 Å². The number of oxime groups is 1. The summed E-state index contributed by atoms with van der Waals surface area (Å²) >= 11 is 0. The highest BCUT2D eigenvalue weighted by atomic mass is 16.6. The van der Waals surface area contributed by atoms with Crippen molar-refractivity contribution in [2.45, 2.75) is 123 Å². The van der Waals surface area contributed by atoms with E-state index >= 15 is 0 Å². The van der Waals surface area contributed by atoms with Crippen LogP contribution in [0.15, 0.2) is 5.16 Å². The van der Waals surface area contributed by atoms with Crippen LogP contribution in [0.1, 0.15) is 98.8 Å². The van der Waals surface area contributed by atoms with Crippen LogP contribution >= 0.6 is 0 Å². The van der Waals surface area contributed by atoms with Crippen LogP contribution in [0.4, 0.5) is 4.79 Å². The number of hydrogen-bond acceptors (Lipinski definition) is 7. The highest BCUT2D eigenvalue weighted by molar-refractivity contribution is 6.37. The van der Waals surface area contributed by atoms with E-state index in [1.165, 1.54) is 13.5 Å². The second kappa shape index (κ2) is 13.1. The molecule has 0 aromatic rings. The summed E-state index contributed by atoms with van der Waals surface area (Å²) in [5, 5.41) is 13.4. The van der Waals surface area contributed by atoms with Gasteiger partial charge in [-0.15, -0.1) is 0 Å². The maximum Gasteiger partial charge on any atom is 0.315 e. The van der Waals surface area contributed by atoms with Gasteiger partial charge in [-0.2, -0.15) is 0 Å². The van der Waals surface area contributed by atoms with Gasteiger partial charge in [0.2, 0.25) is 17.6 Å². The first-order valence-electron chi connectivity index (χ1n) is 17.3. The molecule has 1 heterocycles. The molecule has 4 saturated carbocycles. The minimum atomic E-state index is -1.08. The maximum atomic E-state index is 14.4. The minimum absolute atomic E-state index is 0.0989. The van der Waals surface area contributed by atoms with E-state index in [9.17, 15) is 24.0 Å². The molecule has 0 radical (unpaired) electrons. The molecule has 6 atom stereocenters. The van der Waals surface area contributed by atoms with E-state index in [0.717, 1.165) is 57.1 Å². The molecule has 12 nitrogen and oxygen atoms in total. The molecule has 5 amide bonds. The number of hydrogen-bond donors (Lipinski definition) is 4. The first-order chi connectivity index (χ1) is 21.6. The van der Waals surface area contributed by atoms with Crippen molar-refractivity contribution in [3.05, 3.63) is 0 Å². The number of piperidine rings is 1. The highest BCUT2D eigenvalue weighted by Crippen LogP contribution is 2.65. The molecular formula is C34H54N6O6. The molecule has 0 aromatic carbocycles. The van der Waals surface area contributed by atoms with Crippen LogP contribution < -0.4 is 21.7 Å². The van der Waals surface area contributed by atoms with E-state index in [-0.39, 0.29) is 47.0 Å². The average Bonchev–Trinajstić information content (AvgIpc) is 3.95. The van der Waals surface area contributed by atoms with Gasteiger partial charge in [-0.3, -0.25) is 19.2 Å². The molecule has 0 spiro atoms. The summed E-state index contributed by atoms with van der Waals surface area (Å²) in [5.41, 5.74) is 5.36. The van der Waals surface area contributed by atoms with Gasteiger partial charge in [-0.25, -0.2) is 4.79 Å². The summed E-state index contributed by atoms with van der Waals surface area (Å²) in [4.78, 5) is 73.3. The monoisotopic (exact) mass is 642 g/mol. The number of carbonyl (C=O) groups is 5. The fourth-order valence-electron chi connectivity index (χ4n) is 8.06. The number of nitrogens with zero attached hydrogens (tertiary/aromatic N) is 2. The zero-order valence-electron chi connectivity index (χ0n) is 28.4. The summed E-state index contributed by atoms with van der Waals surface area (Å²) in [6.07, 6.45) is 9.62. The van der Waals surface area contributed by atoms with Crippen LogP contribution in [0.3, 0.4) is 0 Å². The van der Waals surface area contributed by atoms with Crippen LogP contribution in [-0.4, -0.2) is 78.0 Å². The Kier molecular flexibility index (Phi) is 9.76. The van der Waals surface area contributed by atoms with Crippen molar-refractivity contribution in [1.29, 1.82) is 0 Å². The number of carbonyl (C=O) groups excluding carboxylic acids is 5. The Bertz CT molecular complexity index is 1240. The van der Waals surface area contributed by atoms with Crippen molar-refractivity contribution in [2.24, 2.45) is 51.3 Å². The summed E-state index contributed by atoms with van der Waals surface area (Å²) in [6, 6.07) is -3.49. The van der Waals surface area contributed by atoms with Gasteiger partial charge in [0.25, 0.3) is 5.91 Å². The lowest BCUT2D eigenvalue weighted by atomic mass is 9.81. The lowest BCUT2D eigenvalue weighted by molar-refractivity contribution is -0.145. The van der Waals surface area contributed by atoms with E-state index in [4.69, 9.17) is 10.6 Å². The predicted molar refractivity (Wildman–Crippen MR) is 172 cm³/mol. The third-order valence-electron chi connectivity index (χ3n) is 11.2. The molecule has 0 aromatic heterocycles. The first-order valence-corrected chi connectivity index (χ1v) is 17.3. The van der Waals surface area contributed by atoms with Crippen LogP contribution in [0.25, 0.3) is 0 Å². The Morgan fingerprint density at radius 3 is 2.15 bits per heavy atom. The largest absolute Gasteiger partial charge is 0.399 e. The minimum Gasteiger partial charge on any atom is -0.399 e. The molecule has 0 bridgehead atoms. The van der Waals surface area contributed by atoms with Gasteiger partial charge in [-0.1, -0.05) is 71.9 Å². The summed E-state index contributed by atoms with van der Waals surface area (Å²) in [6.45, 7) is 10.2. The van der Waals surface area contributed by atoms with Crippen molar-refractivity contribution in [1.82, 2.24) is 20.9 Å². The van der Waals surface area contributed by atoms with E-state index in [1.54, 1.807) is 4.90 Å². The van der Waals surface area contributed by atoms with Gasteiger partial charge in [0, 0.05) is 12.5 Å². The lowest BCUT2D eigenvalue weighted by Crippen LogP contribution is -2.62. The molecule has 5 aliphatic rings. The molecule has 5 rings (SSSR count). The zero-order chi connectivity index (χ0) is 33.6. The van der Waals surface area contributed by atoms with Crippen LogP contribution in [0, 0.1) is 40.4 Å².